The first-order chi connectivity index (χ1) is 19.2. The molecule has 2 amide bonds. The summed E-state index contributed by atoms with van der Waals surface area (Å²) >= 11 is 0. The van der Waals surface area contributed by atoms with Crippen LogP contribution in [-0.4, -0.2) is 63.5 Å². The Morgan fingerprint density at radius 3 is 2.48 bits per heavy atom. The molecule has 1 aliphatic rings. The first kappa shape index (κ1) is 28.8. The molecule has 6 N–H and O–H groups in total. The number of piperidine rings is 1. The minimum atomic E-state index is -0.827. The summed E-state index contributed by atoms with van der Waals surface area (Å²) in [6, 6.07) is 15.2. The molecule has 4 rings (SSSR count). The average molecular weight is 547 g/mol. The number of carbonyl (C=O) groups is 3. The maximum absolute atomic E-state index is 13.2. The van der Waals surface area contributed by atoms with Crippen LogP contribution in [0.2, 0.25) is 0 Å². The Balaban J connectivity index is 1.32. The van der Waals surface area contributed by atoms with Crippen LogP contribution in [-0.2, 0) is 16.1 Å². The Morgan fingerprint density at radius 1 is 1.10 bits per heavy atom. The molecule has 0 spiro atoms. The van der Waals surface area contributed by atoms with Crippen molar-refractivity contribution >= 4 is 23.3 Å². The molecule has 212 valence electrons. The fraction of sp³-hybridized carbons (Fsp3) is 0.400. The molecule has 1 atom stereocenters. The normalized spacial score (nSPS) is 15.1. The van der Waals surface area contributed by atoms with E-state index in [0.717, 1.165) is 25.3 Å². The summed E-state index contributed by atoms with van der Waals surface area (Å²) in [5.74, 6) is -0.758. The predicted molar refractivity (Wildman–Crippen MR) is 153 cm³/mol. The predicted octanol–water partition coefficient (Wildman–Crippen LogP) is 3.11. The van der Waals surface area contributed by atoms with Crippen LogP contribution in [0.4, 0.5) is 5.69 Å². The van der Waals surface area contributed by atoms with E-state index in [4.69, 9.17) is 5.73 Å². The SMILES string of the molecule is CC(C)CC(=O)C(CNC(=O)c1cc(-c2ccccc2O)n[nH]1)NC(=O)C1CCN(Cc2ccc(N)cc2)CC1. The van der Waals surface area contributed by atoms with Crippen LogP contribution >= 0.6 is 0 Å². The first-order valence-corrected chi connectivity index (χ1v) is 13.7. The minimum Gasteiger partial charge on any atom is -0.507 e. The van der Waals surface area contributed by atoms with Crippen LogP contribution in [0.3, 0.4) is 0 Å². The number of phenols is 1. The Kier molecular flexibility index (Phi) is 9.55. The number of aromatic hydroxyl groups is 1. The number of H-pyrrole nitrogens is 1. The van der Waals surface area contributed by atoms with Crippen molar-refractivity contribution in [2.24, 2.45) is 11.8 Å². The number of nitrogens with two attached hydrogens (primary N) is 1. The lowest BCUT2D eigenvalue weighted by atomic mass is 9.94. The molecule has 2 aromatic carbocycles. The van der Waals surface area contributed by atoms with Crippen molar-refractivity contribution in [2.45, 2.75) is 45.7 Å². The molecule has 1 unspecified atom stereocenters. The van der Waals surface area contributed by atoms with Crippen molar-refractivity contribution < 1.29 is 19.5 Å². The molecule has 0 saturated carbocycles. The largest absolute Gasteiger partial charge is 0.507 e. The number of phenolic OH excluding ortho intramolecular Hbond substituents is 1. The highest BCUT2D eigenvalue weighted by atomic mass is 16.3. The lowest BCUT2D eigenvalue weighted by molar-refractivity contribution is -0.131. The highest BCUT2D eigenvalue weighted by Gasteiger charge is 2.29. The summed E-state index contributed by atoms with van der Waals surface area (Å²) in [6.07, 6.45) is 1.69. The van der Waals surface area contributed by atoms with Crippen molar-refractivity contribution in [3.05, 3.63) is 65.9 Å². The number of nitrogen functional groups attached to an aromatic ring is 1. The zero-order valence-electron chi connectivity index (χ0n) is 23.0. The molecule has 1 saturated heterocycles. The number of benzene rings is 2. The lowest BCUT2D eigenvalue weighted by Gasteiger charge is -2.32. The molecular weight excluding hydrogens is 508 g/mol. The number of Topliss-reactive ketones (excluding diaryl/α,β-unsaturated/α-hetero) is 1. The number of hydrogen-bond acceptors (Lipinski definition) is 7. The number of nitrogens with zero attached hydrogens (tertiary/aromatic N) is 2. The molecule has 0 aliphatic carbocycles. The van der Waals surface area contributed by atoms with Gasteiger partial charge < -0.3 is 21.5 Å². The van der Waals surface area contributed by atoms with Gasteiger partial charge in [-0.1, -0.05) is 38.1 Å². The number of anilines is 1. The summed E-state index contributed by atoms with van der Waals surface area (Å²) in [6.45, 7) is 6.22. The molecule has 2 heterocycles. The van der Waals surface area contributed by atoms with Gasteiger partial charge in [0.1, 0.15) is 17.5 Å². The standard InChI is InChI=1S/C30H38N6O4/c1-19(2)15-28(38)26(17-32-30(40)25-16-24(34-35-25)23-5-3-4-6-27(23)37)33-29(39)21-11-13-36(14-12-21)18-20-7-9-22(31)10-8-20/h3-10,16,19,21,26,37H,11-15,17-18,31H2,1-2H3,(H,32,40)(H,33,39)(H,34,35). The third-order valence-corrected chi connectivity index (χ3v) is 7.13. The number of hydrogen-bond donors (Lipinski definition) is 5. The van der Waals surface area contributed by atoms with Crippen molar-refractivity contribution in [1.82, 2.24) is 25.7 Å². The van der Waals surface area contributed by atoms with Crippen LogP contribution in [0.1, 0.15) is 49.2 Å². The Bertz CT molecular complexity index is 1310. The average Bonchev–Trinajstić information content (AvgIpc) is 3.42. The van der Waals surface area contributed by atoms with Gasteiger partial charge in [0.15, 0.2) is 5.78 Å². The van der Waals surface area contributed by atoms with Gasteiger partial charge in [-0.3, -0.25) is 24.4 Å². The van der Waals surface area contributed by atoms with Gasteiger partial charge >= 0.3 is 0 Å². The molecule has 0 bridgehead atoms. The third kappa shape index (κ3) is 7.69. The summed E-state index contributed by atoms with van der Waals surface area (Å²) in [4.78, 5) is 41.3. The van der Waals surface area contributed by atoms with Crippen molar-refractivity contribution in [1.29, 1.82) is 0 Å². The zero-order chi connectivity index (χ0) is 28.6. The van der Waals surface area contributed by atoms with Gasteiger partial charge in [0.05, 0.1) is 5.69 Å². The highest BCUT2D eigenvalue weighted by Crippen LogP contribution is 2.27. The number of rotatable bonds is 11. The summed E-state index contributed by atoms with van der Waals surface area (Å²) in [5, 5.41) is 22.5. The summed E-state index contributed by atoms with van der Waals surface area (Å²) in [7, 11) is 0. The molecule has 10 nitrogen and oxygen atoms in total. The van der Waals surface area contributed by atoms with E-state index in [1.54, 1.807) is 24.3 Å². The van der Waals surface area contributed by atoms with E-state index in [1.807, 2.05) is 38.1 Å². The molecule has 1 fully saturated rings. The van der Waals surface area contributed by atoms with Gasteiger partial charge in [0, 0.05) is 36.7 Å². The summed E-state index contributed by atoms with van der Waals surface area (Å²) in [5.41, 5.74) is 8.80. The molecule has 1 aromatic heterocycles. The van der Waals surface area contributed by atoms with E-state index in [9.17, 15) is 19.5 Å². The zero-order valence-corrected chi connectivity index (χ0v) is 23.0. The van der Waals surface area contributed by atoms with E-state index in [0.29, 0.717) is 30.5 Å². The van der Waals surface area contributed by atoms with Crippen LogP contribution in [0, 0.1) is 11.8 Å². The second-order valence-corrected chi connectivity index (χ2v) is 10.8. The van der Waals surface area contributed by atoms with Gasteiger partial charge in [-0.15, -0.1) is 0 Å². The fourth-order valence-corrected chi connectivity index (χ4v) is 4.87. The first-order valence-electron chi connectivity index (χ1n) is 13.7. The molecule has 0 radical (unpaired) electrons. The van der Waals surface area contributed by atoms with Gasteiger partial charge in [0.2, 0.25) is 5.91 Å². The molecule has 1 aliphatic heterocycles. The topological polar surface area (TPSA) is 153 Å². The number of ketones is 1. The second-order valence-electron chi connectivity index (χ2n) is 10.8. The van der Waals surface area contributed by atoms with E-state index in [-0.39, 0.29) is 41.5 Å². The smallest absolute Gasteiger partial charge is 0.269 e. The number of para-hydroxylation sites is 1. The van der Waals surface area contributed by atoms with Crippen LogP contribution in [0.5, 0.6) is 5.75 Å². The van der Waals surface area contributed by atoms with Gasteiger partial charge in [-0.2, -0.15) is 5.10 Å². The van der Waals surface area contributed by atoms with Crippen LogP contribution in [0.15, 0.2) is 54.6 Å². The molecule has 10 heteroatoms. The number of amides is 2. The Hall–Kier alpha value is -4.18. The van der Waals surface area contributed by atoms with Gasteiger partial charge in [-0.05, 0) is 67.7 Å². The van der Waals surface area contributed by atoms with Crippen LogP contribution in [0.25, 0.3) is 11.3 Å². The third-order valence-electron chi connectivity index (χ3n) is 7.13. The number of likely N-dealkylation sites (tertiary alicyclic amines) is 1. The monoisotopic (exact) mass is 546 g/mol. The maximum Gasteiger partial charge on any atom is 0.269 e. The van der Waals surface area contributed by atoms with E-state index < -0.39 is 11.9 Å². The quantitative estimate of drug-likeness (QED) is 0.232. The van der Waals surface area contributed by atoms with Crippen molar-refractivity contribution in [3.63, 3.8) is 0 Å². The summed E-state index contributed by atoms with van der Waals surface area (Å²) < 4.78 is 0. The lowest BCUT2D eigenvalue weighted by Crippen LogP contribution is -2.51. The van der Waals surface area contributed by atoms with Crippen molar-refractivity contribution in [2.75, 3.05) is 25.4 Å². The van der Waals surface area contributed by atoms with Crippen molar-refractivity contribution in [3.8, 4) is 17.0 Å². The fourth-order valence-electron chi connectivity index (χ4n) is 4.87. The maximum atomic E-state index is 13.2. The number of carbonyl (C=O) groups excluding carboxylic acids is 3. The number of aromatic amines is 1. The van der Waals surface area contributed by atoms with Gasteiger partial charge in [-0.25, -0.2) is 0 Å². The minimum absolute atomic E-state index is 0.0307. The van der Waals surface area contributed by atoms with Crippen LogP contribution < -0.4 is 16.4 Å². The van der Waals surface area contributed by atoms with E-state index >= 15 is 0 Å². The molecular formula is C30H38N6O4. The Morgan fingerprint density at radius 2 is 1.80 bits per heavy atom. The number of aromatic nitrogens is 2. The number of nitrogens with one attached hydrogen (secondary N) is 3. The van der Waals surface area contributed by atoms with Gasteiger partial charge in [0.25, 0.3) is 5.91 Å². The van der Waals surface area contributed by atoms with E-state index in [2.05, 4.69) is 25.7 Å². The molecule has 3 aromatic rings. The Labute approximate surface area is 234 Å². The second kappa shape index (κ2) is 13.3. The molecule has 40 heavy (non-hydrogen) atoms. The highest BCUT2D eigenvalue weighted by molar-refractivity contribution is 5.95. The van der Waals surface area contributed by atoms with E-state index in [1.165, 1.54) is 11.6 Å².